The smallest absolute Gasteiger partial charge is 0.405 e. The number of benzene rings is 1. The lowest BCUT2D eigenvalue weighted by Gasteiger charge is -2.64. The normalized spacial score (nSPS) is 31.4. The summed E-state index contributed by atoms with van der Waals surface area (Å²) in [5.41, 5.74) is 13.0. The molecular weight excluding hydrogens is 413 g/mol. The summed E-state index contributed by atoms with van der Waals surface area (Å²) in [4.78, 5) is 12.6. The number of carbonyl (C=O) groups excluding carboxylic acids is 1. The van der Waals surface area contributed by atoms with Crippen LogP contribution in [-0.4, -0.2) is 43.9 Å². The van der Waals surface area contributed by atoms with Crippen LogP contribution in [0.3, 0.4) is 0 Å². The number of hydrogen-bond acceptors (Lipinski definition) is 5. The number of amides is 1. The molecule has 33 heavy (non-hydrogen) atoms. The van der Waals surface area contributed by atoms with E-state index in [1.54, 1.807) is 0 Å². The van der Waals surface area contributed by atoms with Crippen molar-refractivity contribution in [3.05, 3.63) is 35.9 Å². The predicted octanol–water partition coefficient (Wildman–Crippen LogP) is 3.29. The monoisotopic (exact) mass is 455 g/mol. The summed E-state index contributed by atoms with van der Waals surface area (Å²) in [6.07, 6.45) is 6.68. The Morgan fingerprint density at radius 3 is 2.64 bits per heavy atom. The maximum Gasteiger partial charge on any atom is 0.462 e. The number of aryl methyl sites for hydroxylation is 1. The summed E-state index contributed by atoms with van der Waals surface area (Å²) in [5, 5.41) is 3.10. The van der Waals surface area contributed by atoms with Crippen molar-refractivity contribution in [2.75, 3.05) is 13.1 Å². The lowest BCUT2D eigenvalue weighted by molar-refractivity contribution is -0.199. The van der Waals surface area contributed by atoms with Crippen molar-refractivity contribution in [1.82, 2.24) is 5.32 Å². The second kappa shape index (κ2) is 10.1. The van der Waals surface area contributed by atoms with Crippen LogP contribution >= 0.6 is 0 Å². The van der Waals surface area contributed by atoms with E-state index in [-0.39, 0.29) is 30.5 Å². The summed E-state index contributed by atoms with van der Waals surface area (Å²) in [6, 6.07) is 9.98. The van der Waals surface area contributed by atoms with E-state index in [1.165, 1.54) is 12.0 Å². The highest BCUT2D eigenvalue weighted by Crippen LogP contribution is 2.66. The van der Waals surface area contributed by atoms with Crippen molar-refractivity contribution >= 4 is 13.0 Å². The third kappa shape index (κ3) is 5.02. The molecule has 182 valence electrons. The van der Waals surface area contributed by atoms with Crippen molar-refractivity contribution < 1.29 is 14.1 Å². The number of hydrogen-bond donors (Lipinski definition) is 3. The standard InChI is InChI=1S/C26H42BN3O3/c1-25(2)19-15-22(25)26(3)23(16-19)32-27(33-26)20(13-12-18-9-5-4-6-10-18)17-30-24(31)21(29)11-7-8-14-28/h4-6,9-10,19-23H,7-8,11-17,28-29H2,1-3H3,(H,30,31)/t19-,20?,21+,22-,23+,26-/m1/s1. The number of nitrogens with one attached hydrogen (secondary N) is 1. The Labute approximate surface area is 199 Å². The first-order valence-electron chi connectivity index (χ1n) is 12.9. The molecule has 4 aliphatic rings. The summed E-state index contributed by atoms with van der Waals surface area (Å²) in [5.74, 6) is 1.23. The second-order valence-electron chi connectivity index (χ2n) is 11.3. The van der Waals surface area contributed by atoms with E-state index in [4.69, 9.17) is 20.8 Å². The van der Waals surface area contributed by atoms with Crippen LogP contribution in [0.5, 0.6) is 0 Å². The largest absolute Gasteiger partial charge is 0.462 e. The predicted molar refractivity (Wildman–Crippen MR) is 133 cm³/mol. The SMILES string of the molecule is CC1(C)[C@H]2C[C@@H]3OB(C(CCc4ccccc4)CNC(=O)[C@@H](N)CCCCN)O[C@]3(C)[C@@H]1C2. The van der Waals surface area contributed by atoms with Crippen LogP contribution in [0.15, 0.2) is 30.3 Å². The van der Waals surface area contributed by atoms with Gasteiger partial charge in [0, 0.05) is 12.4 Å². The van der Waals surface area contributed by atoms with Gasteiger partial charge in [0.2, 0.25) is 5.91 Å². The quantitative estimate of drug-likeness (QED) is 0.351. The van der Waals surface area contributed by atoms with Gasteiger partial charge in [-0.25, -0.2) is 0 Å². The molecule has 1 aromatic rings. The Hall–Kier alpha value is -1.41. The van der Waals surface area contributed by atoms with E-state index in [1.807, 2.05) is 6.07 Å². The number of unbranched alkanes of at least 4 members (excludes halogenated alkanes) is 1. The van der Waals surface area contributed by atoms with E-state index >= 15 is 0 Å². The molecule has 6 atom stereocenters. The highest BCUT2D eigenvalue weighted by atomic mass is 16.7. The van der Waals surface area contributed by atoms with E-state index in [0.717, 1.165) is 38.0 Å². The van der Waals surface area contributed by atoms with Gasteiger partial charge in [0.1, 0.15) is 0 Å². The Kier molecular flexibility index (Phi) is 7.54. The molecule has 1 aromatic carbocycles. The van der Waals surface area contributed by atoms with Gasteiger partial charge in [-0.1, -0.05) is 50.6 Å². The number of carbonyl (C=O) groups is 1. The molecule has 1 heterocycles. The van der Waals surface area contributed by atoms with Crippen LogP contribution in [0, 0.1) is 17.3 Å². The summed E-state index contributed by atoms with van der Waals surface area (Å²) in [6.45, 7) is 8.15. The number of rotatable bonds is 11. The van der Waals surface area contributed by atoms with E-state index in [9.17, 15) is 4.79 Å². The van der Waals surface area contributed by atoms with Gasteiger partial charge >= 0.3 is 7.12 Å². The molecule has 3 aliphatic carbocycles. The molecular formula is C26H42BN3O3. The van der Waals surface area contributed by atoms with Crippen LogP contribution in [0.4, 0.5) is 0 Å². The van der Waals surface area contributed by atoms with Gasteiger partial charge in [-0.3, -0.25) is 4.79 Å². The zero-order valence-corrected chi connectivity index (χ0v) is 20.6. The molecule has 0 aromatic heterocycles. The minimum Gasteiger partial charge on any atom is -0.405 e. The molecule has 0 spiro atoms. The summed E-state index contributed by atoms with van der Waals surface area (Å²) in [7, 11) is -0.298. The van der Waals surface area contributed by atoms with Crippen LogP contribution in [0.1, 0.15) is 64.9 Å². The average molecular weight is 455 g/mol. The Bertz CT molecular complexity index is 807. The van der Waals surface area contributed by atoms with Gasteiger partial charge < -0.3 is 26.1 Å². The minimum absolute atomic E-state index is 0.0770. The third-order valence-corrected chi connectivity index (χ3v) is 8.84. The Morgan fingerprint density at radius 2 is 1.94 bits per heavy atom. The highest BCUT2D eigenvalue weighted by Gasteiger charge is 2.68. The van der Waals surface area contributed by atoms with Gasteiger partial charge in [-0.15, -0.1) is 0 Å². The second-order valence-corrected chi connectivity index (χ2v) is 11.3. The molecule has 0 radical (unpaired) electrons. The van der Waals surface area contributed by atoms with Gasteiger partial charge in [-0.05, 0) is 74.8 Å². The molecule has 5 N–H and O–H groups in total. The third-order valence-electron chi connectivity index (χ3n) is 8.84. The number of nitrogens with two attached hydrogens (primary N) is 2. The molecule has 1 aliphatic heterocycles. The van der Waals surface area contributed by atoms with Gasteiger partial charge in [0.25, 0.3) is 0 Å². The van der Waals surface area contributed by atoms with Gasteiger partial charge in [-0.2, -0.15) is 0 Å². The van der Waals surface area contributed by atoms with Crippen LogP contribution in [0.25, 0.3) is 0 Å². The first-order chi connectivity index (χ1) is 15.8. The summed E-state index contributed by atoms with van der Waals surface area (Å²) >= 11 is 0. The molecule has 7 heteroatoms. The van der Waals surface area contributed by atoms with Crippen LogP contribution < -0.4 is 16.8 Å². The average Bonchev–Trinajstić information content (AvgIpc) is 3.16. The Morgan fingerprint density at radius 1 is 1.18 bits per heavy atom. The van der Waals surface area contributed by atoms with Crippen molar-refractivity contribution in [2.45, 2.75) is 89.3 Å². The summed E-state index contributed by atoms with van der Waals surface area (Å²) < 4.78 is 13.3. The minimum atomic E-state index is -0.496. The Balaban J connectivity index is 1.40. The van der Waals surface area contributed by atoms with Crippen molar-refractivity contribution in [2.24, 2.45) is 28.7 Å². The maximum atomic E-state index is 12.6. The van der Waals surface area contributed by atoms with Gasteiger partial charge in [0.05, 0.1) is 17.7 Å². The molecule has 3 saturated carbocycles. The van der Waals surface area contributed by atoms with Crippen molar-refractivity contribution in [3.8, 4) is 0 Å². The fourth-order valence-corrected chi connectivity index (χ4v) is 6.44. The van der Waals surface area contributed by atoms with Gasteiger partial charge in [0.15, 0.2) is 0 Å². The lowest BCUT2D eigenvalue weighted by atomic mass is 9.43. The molecule has 2 bridgehead atoms. The fourth-order valence-electron chi connectivity index (χ4n) is 6.44. The van der Waals surface area contributed by atoms with Crippen molar-refractivity contribution in [3.63, 3.8) is 0 Å². The zero-order chi connectivity index (χ0) is 23.6. The fraction of sp³-hybridized carbons (Fsp3) is 0.731. The lowest BCUT2D eigenvalue weighted by Crippen LogP contribution is -2.65. The first kappa shape index (κ1) is 24.7. The molecule has 4 fully saturated rings. The topological polar surface area (TPSA) is 99.6 Å². The molecule has 1 amide bonds. The van der Waals surface area contributed by atoms with E-state index in [2.05, 4.69) is 50.4 Å². The maximum absolute atomic E-state index is 12.6. The van der Waals surface area contributed by atoms with Crippen molar-refractivity contribution in [1.29, 1.82) is 0 Å². The molecule has 1 saturated heterocycles. The first-order valence-corrected chi connectivity index (χ1v) is 12.9. The van der Waals surface area contributed by atoms with E-state index in [0.29, 0.717) is 30.8 Å². The molecule has 6 nitrogen and oxygen atoms in total. The zero-order valence-electron chi connectivity index (χ0n) is 20.6. The van der Waals surface area contributed by atoms with E-state index < -0.39 is 6.04 Å². The highest BCUT2D eigenvalue weighted by molar-refractivity contribution is 6.47. The van der Waals surface area contributed by atoms with Crippen LogP contribution in [0.2, 0.25) is 5.82 Å². The molecule has 5 rings (SSSR count). The van der Waals surface area contributed by atoms with Crippen LogP contribution in [-0.2, 0) is 20.5 Å². The molecule has 1 unspecified atom stereocenters.